The van der Waals surface area contributed by atoms with E-state index in [4.69, 9.17) is 4.74 Å². The van der Waals surface area contributed by atoms with Crippen LogP contribution in [0, 0.1) is 6.92 Å². The molecule has 0 radical (unpaired) electrons. The molecule has 1 aliphatic rings. The average Bonchev–Trinajstić information content (AvgIpc) is 2.67. The zero-order valence-electron chi connectivity index (χ0n) is 9.00. The van der Waals surface area contributed by atoms with Gasteiger partial charge in [0.2, 0.25) is 0 Å². The first-order valence-electron chi connectivity index (χ1n) is 5.22. The summed E-state index contributed by atoms with van der Waals surface area (Å²) in [5.74, 6) is 1.47. The summed E-state index contributed by atoms with van der Waals surface area (Å²) in [6.07, 6.45) is 2.09. The van der Waals surface area contributed by atoms with Crippen LogP contribution in [-0.4, -0.2) is 16.8 Å². The summed E-state index contributed by atoms with van der Waals surface area (Å²) < 4.78 is 5.56. The summed E-state index contributed by atoms with van der Waals surface area (Å²) in [5.41, 5.74) is 3.34. The van der Waals surface area contributed by atoms with E-state index in [1.54, 1.807) is 0 Å². The van der Waals surface area contributed by atoms with Crippen LogP contribution >= 0.6 is 0 Å². The fourth-order valence-electron chi connectivity index (χ4n) is 1.85. The summed E-state index contributed by atoms with van der Waals surface area (Å²) in [6, 6.07) is 0. The summed E-state index contributed by atoms with van der Waals surface area (Å²) >= 11 is 0. The minimum Gasteiger partial charge on any atom is -0.491 e. The molecule has 1 aromatic rings. The lowest BCUT2D eigenvalue weighted by atomic mass is 9.98. The van der Waals surface area contributed by atoms with Crippen molar-refractivity contribution < 1.29 is 4.74 Å². The number of hydrogen-bond donors (Lipinski definition) is 0. The van der Waals surface area contributed by atoms with Crippen LogP contribution in [0.5, 0.6) is 5.75 Å². The molecule has 0 aromatic carbocycles. The monoisotopic (exact) mass is 192 g/mol. The normalized spacial score (nSPS) is 16.2. The summed E-state index contributed by atoms with van der Waals surface area (Å²) in [4.78, 5) is 0. The van der Waals surface area contributed by atoms with E-state index < -0.39 is 0 Å². The lowest BCUT2D eigenvalue weighted by Gasteiger charge is -2.11. The number of hydrogen-bond acceptors (Lipinski definition) is 3. The number of fused-ring (bicyclic) bond motifs is 1. The van der Waals surface area contributed by atoms with Crippen LogP contribution in [-0.2, 0) is 6.42 Å². The van der Waals surface area contributed by atoms with Gasteiger partial charge in [-0.25, -0.2) is 0 Å². The zero-order chi connectivity index (χ0) is 10.1. The number of rotatable bonds is 2. The predicted molar refractivity (Wildman–Crippen MR) is 54.7 cm³/mol. The Morgan fingerprint density at radius 1 is 1.43 bits per heavy atom. The van der Waals surface area contributed by atoms with Crippen LogP contribution in [0.15, 0.2) is 0 Å². The van der Waals surface area contributed by atoms with Gasteiger partial charge in [-0.15, -0.1) is 0 Å². The van der Waals surface area contributed by atoms with Crippen molar-refractivity contribution in [2.24, 2.45) is 0 Å². The zero-order valence-corrected chi connectivity index (χ0v) is 9.00. The van der Waals surface area contributed by atoms with E-state index in [0.717, 1.165) is 36.6 Å². The van der Waals surface area contributed by atoms with Crippen molar-refractivity contribution in [2.75, 3.05) is 6.61 Å². The number of aromatic nitrogens is 2. The highest BCUT2D eigenvalue weighted by atomic mass is 16.5. The third-order valence-electron chi connectivity index (χ3n) is 2.90. The second kappa shape index (κ2) is 3.56. The lowest BCUT2D eigenvalue weighted by molar-refractivity contribution is 0.352. The number of nitrogens with zero attached hydrogens (tertiary/aromatic N) is 2. The predicted octanol–water partition coefficient (Wildman–Crippen LogP) is 2.23. The topological polar surface area (TPSA) is 35.0 Å². The summed E-state index contributed by atoms with van der Waals surface area (Å²) in [7, 11) is 0. The maximum absolute atomic E-state index is 5.56. The Labute approximate surface area is 84.5 Å². The molecule has 0 fully saturated rings. The van der Waals surface area contributed by atoms with Crippen LogP contribution in [0.4, 0.5) is 0 Å². The molecule has 3 nitrogen and oxygen atoms in total. The molecule has 76 valence electrons. The minimum absolute atomic E-state index is 0.485. The molecule has 0 saturated heterocycles. The van der Waals surface area contributed by atoms with Gasteiger partial charge in [-0.3, -0.25) is 0 Å². The molecule has 0 saturated carbocycles. The Balaban J connectivity index is 2.48. The Kier molecular flexibility index (Phi) is 2.40. The summed E-state index contributed by atoms with van der Waals surface area (Å²) in [6.45, 7) is 7.11. The van der Waals surface area contributed by atoms with Gasteiger partial charge in [-0.2, -0.15) is 10.2 Å². The highest BCUT2D eigenvalue weighted by Gasteiger charge is 2.22. The van der Waals surface area contributed by atoms with Crippen LogP contribution < -0.4 is 4.74 Å². The number of aryl methyl sites for hydroxylation is 1. The Morgan fingerprint density at radius 3 is 2.93 bits per heavy atom. The van der Waals surface area contributed by atoms with Gasteiger partial charge < -0.3 is 4.74 Å². The molecule has 1 aromatic heterocycles. The van der Waals surface area contributed by atoms with Gasteiger partial charge in [0.25, 0.3) is 0 Å². The van der Waals surface area contributed by atoms with E-state index in [-0.39, 0.29) is 0 Å². The first-order valence-corrected chi connectivity index (χ1v) is 5.22. The SMILES string of the molecule is CCC(C)c1nnc(C)c2c1CCO2. The fraction of sp³-hybridized carbons (Fsp3) is 0.636. The molecule has 0 amide bonds. The molecule has 3 heteroatoms. The molecular formula is C11H16N2O. The minimum atomic E-state index is 0.485. The quantitative estimate of drug-likeness (QED) is 0.720. The van der Waals surface area contributed by atoms with E-state index in [2.05, 4.69) is 24.0 Å². The Hall–Kier alpha value is -1.12. The molecule has 1 aliphatic heterocycles. The van der Waals surface area contributed by atoms with Crippen molar-refractivity contribution in [3.05, 3.63) is 17.0 Å². The van der Waals surface area contributed by atoms with Crippen molar-refractivity contribution >= 4 is 0 Å². The van der Waals surface area contributed by atoms with E-state index >= 15 is 0 Å². The molecule has 2 heterocycles. The van der Waals surface area contributed by atoms with Crippen molar-refractivity contribution in [1.29, 1.82) is 0 Å². The third-order valence-corrected chi connectivity index (χ3v) is 2.90. The van der Waals surface area contributed by atoms with Crippen LogP contribution in [0.3, 0.4) is 0 Å². The molecule has 14 heavy (non-hydrogen) atoms. The third kappa shape index (κ3) is 1.37. The first-order chi connectivity index (χ1) is 6.74. The maximum atomic E-state index is 5.56. The molecule has 1 atom stereocenters. The fourth-order valence-corrected chi connectivity index (χ4v) is 1.85. The highest BCUT2D eigenvalue weighted by Crippen LogP contribution is 2.33. The van der Waals surface area contributed by atoms with Gasteiger partial charge in [-0.05, 0) is 13.3 Å². The van der Waals surface area contributed by atoms with Gasteiger partial charge >= 0.3 is 0 Å². The van der Waals surface area contributed by atoms with E-state index in [0.29, 0.717) is 5.92 Å². The molecular weight excluding hydrogens is 176 g/mol. The Morgan fingerprint density at radius 2 is 2.21 bits per heavy atom. The largest absolute Gasteiger partial charge is 0.491 e. The van der Waals surface area contributed by atoms with E-state index in [1.165, 1.54) is 5.56 Å². The van der Waals surface area contributed by atoms with Gasteiger partial charge in [0.15, 0.2) is 0 Å². The lowest BCUT2D eigenvalue weighted by Crippen LogP contribution is -2.03. The van der Waals surface area contributed by atoms with Crippen molar-refractivity contribution in [1.82, 2.24) is 10.2 Å². The van der Waals surface area contributed by atoms with Crippen LogP contribution in [0.2, 0.25) is 0 Å². The highest BCUT2D eigenvalue weighted by molar-refractivity contribution is 5.42. The average molecular weight is 192 g/mol. The van der Waals surface area contributed by atoms with E-state index in [9.17, 15) is 0 Å². The molecule has 0 spiro atoms. The van der Waals surface area contributed by atoms with Crippen LogP contribution in [0.1, 0.15) is 43.1 Å². The Bertz CT molecular complexity index is 349. The maximum Gasteiger partial charge on any atom is 0.147 e. The standard InChI is InChI=1S/C11H16N2O/c1-4-7(2)10-9-5-6-14-11(9)8(3)12-13-10/h7H,4-6H2,1-3H3. The second-order valence-corrected chi connectivity index (χ2v) is 3.89. The molecule has 0 bridgehead atoms. The van der Waals surface area contributed by atoms with Crippen molar-refractivity contribution in [2.45, 2.75) is 39.5 Å². The van der Waals surface area contributed by atoms with Gasteiger partial charge in [0, 0.05) is 17.9 Å². The summed E-state index contributed by atoms with van der Waals surface area (Å²) in [5, 5.41) is 8.44. The number of ether oxygens (including phenoxy) is 1. The van der Waals surface area contributed by atoms with Gasteiger partial charge in [0.1, 0.15) is 11.4 Å². The van der Waals surface area contributed by atoms with Crippen LogP contribution in [0.25, 0.3) is 0 Å². The molecule has 1 unspecified atom stereocenters. The smallest absolute Gasteiger partial charge is 0.147 e. The second-order valence-electron chi connectivity index (χ2n) is 3.89. The van der Waals surface area contributed by atoms with E-state index in [1.807, 2.05) is 6.92 Å². The molecule has 0 N–H and O–H groups in total. The first kappa shape index (κ1) is 9.44. The van der Waals surface area contributed by atoms with Gasteiger partial charge in [0.05, 0.1) is 12.3 Å². The van der Waals surface area contributed by atoms with Crippen molar-refractivity contribution in [3.8, 4) is 5.75 Å². The van der Waals surface area contributed by atoms with Gasteiger partial charge in [-0.1, -0.05) is 13.8 Å². The van der Waals surface area contributed by atoms with Crippen molar-refractivity contribution in [3.63, 3.8) is 0 Å². The molecule has 0 aliphatic carbocycles. The molecule has 2 rings (SSSR count).